The average molecular weight is 465 g/mol. The highest BCUT2D eigenvalue weighted by atomic mass is 19.1. The molecule has 0 spiro atoms. The lowest BCUT2D eigenvalue weighted by Crippen LogP contribution is -2.57. The van der Waals surface area contributed by atoms with Gasteiger partial charge in [-0.1, -0.05) is 6.07 Å². The molecule has 2 aromatic carbocycles. The zero-order valence-electron chi connectivity index (χ0n) is 18.1. The second kappa shape index (κ2) is 9.14. The van der Waals surface area contributed by atoms with Crippen molar-refractivity contribution < 1.29 is 23.1 Å². The van der Waals surface area contributed by atoms with E-state index >= 15 is 0 Å². The molecule has 0 bridgehead atoms. The van der Waals surface area contributed by atoms with E-state index in [1.165, 1.54) is 30.9 Å². The summed E-state index contributed by atoms with van der Waals surface area (Å²) in [6, 6.07) is 8.07. The van der Waals surface area contributed by atoms with Crippen LogP contribution in [0.2, 0.25) is 0 Å². The van der Waals surface area contributed by atoms with Crippen LogP contribution in [0.3, 0.4) is 0 Å². The fourth-order valence-electron chi connectivity index (χ4n) is 4.24. The Hall–Kier alpha value is -3.92. The van der Waals surface area contributed by atoms with Crippen molar-refractivity contribution in [1.82, 2.24) is 19.8 Å². The van der Waals surface area contributed by atoms with Crippen molar-refractivity contribution >= 4 is 17.5 Å². The summed E-state index contributed by atoms with van der Waals surface area (Å²) in [6.45, 7) is 1.72. The fourth-order valence-corrected chi connectivity index (χ4v) is 4.24. The van der Waals surface area contributed by atoms with Crippen LogP contribution in [0.25, 0.3) is 11.1 Å². The Labute approximate surface area is 194 Å². The lowest BCUT2D eigenvalue weighted by atomic mass is 10.0. The van der Waals surface area contributed by atoms with E-state index in [2.05, 4.69) is 15.3 Å². The Kier molecular flexibility index (Phi) is 5.89. The molecular formula is C24H21F2N5O3. The summed E-state index contributed by atoms with van der Waals surface area (Å²) in [4.78, 5) is 37.1. The highest BCUT2D eigenvalue weighted by Crippen LogP contribution is 2.33. The molecule has 1 atom stereocenters. The molecule has 2 aliphatic heterocycles. The number of amides is 2. The van der Waals surface area contributed by atoms with E-state index in [9.17, 15) is 18.4 Å². The second-order valence-electron chi connectivity index (χ2n) is 8.20. The van der Waals surface area contributed by atoms with E-state index < -0.39 is 11.6 Å². The minimum atomic E-state index is -0.694. The molecule has 3 aromatic rings. The third kappa shape index (κ3) is 4.44. The standard InChI is InChI=1S/C24H21F2N5O3/c25-17-2-3-19(20(26)8-17)15-1-4-22-21(7-15)29-23(32)12-30-5-6-31(11-18(30)13-34-22)24(33)16-9-27-14-28-10-16/h1-4,7-10,14,18H,5-6,11-13H2,(H,29,32)/t18-/m1/s1. The number of anilines is 1. The molecule has 0 saturated carbocycles. The molecule has 10 heteroatoms. The number of nitrogens with zero attached hydrogens (tertiary/aromatic N) is 4. The number of nitrogens with one attached hydrogen (secondary N) is 1. The van der Waals surface area contributed by atoms with Gasteiger partial charge in [-0.25, -0.2) is 18.7 Å². The van der Waals surface area contributed by atoms with Crippen LogP contribution in [0.1, 0.15) is 10.4 Å². The number of benzene rings is 2. The van der Waals surface area contributed by atoms with Crippen molar-refractivity contribution in [2.24, 2.45) is 0 Å². The molecule has 5 rings (SSSR count). The van der Waals surface area contributed by atoms with Gasteiger partial charge in [0.15, 0.2) is 0 Å². The van der Waals surface area contributed by atoms with Crippen molar-refractivity contribution in [1.29, 1.82) is 0 Å². The van der Waals surface area contributed by atoms with Gasteiger partial charge in [0.2, 0.25) is 5.91 Å². The highest BCUT2D eigenvalue weighted by Gasteiger charge is 2.33. The Balaban J connectivity index is 1.37. The maximum Gasteiger partial charge on any atom is 0.257 e. The molecule has 2 amide bonds. The maximum absolute atomic E-state index is 14.3. The van der Waals surface area contributed by atoms with Crippen LogP contribution in [-0.2, 0) is 4.79 Å². The van der Waals surface area contributed by atoms with E-state index in [4.69, 9.17) is 4.74 Å². The summed E-state index contributed by atoms with van der Waals surface area (Å²) in [5.41, 5.74) is 1.51. The van der Waals surface area contributed by atoms with E-state index in [1.54, 1.807) is 23.1 Å². The molecule has 174 valence electrons. The normalized spacial score (nSPS) is 18.5. The van der Waals surface area contributed by atoms with Gasteiger partial charge in [-0.3, -0.25) is 14.5 Å². The Morgan fingerprint density at radius 3 is 2.71 bits per heavy atom. The lowest BCUT2D eigenvalue weighted by molar-refractivity contribution is -0.118. The molecule has 0 unspecified atom stereocenters. The highest BCUT2D eigenvalue weighted by molar-refractivity contribution is 5.95. The zero-order valence-corrected chi connectivity index (χ0v) is 18.1. The van der Waals surface area contributed by atoms with Gasteiger partial charge >= 0.3 is 0 Å². The third-order valence-corrected chi connectivity index (χ3v) is 5.97. The molecule has 3 heterocycles. The topological polar surface area (TPSA) is 87.7 Å². The lowest BCUT2D eigenvalue weighted by Gasteiger charge is -2.40. The predicted molar refractivity (Wildman–Crippen MR) is 119 cm³/mol. The molecule has 1 N–H and O–H groups in total. The average Bonchev–Trinajstić information content (AvgIpc) is 2.90. The number of rotatable bonds is 2. The third-order valence-electron chi connectivity index (χ3n) is 5.97. The van der Waals surface area contributed by atoms with Gasteiger partial charge in [-0.15, -0.1) is 0 Å². The van der Waals surface area contributed by atoms with Crippen molar-refractivity contribution in [2.75, 3.05) is 38.1 Å². The monoisotopic (exact) mass is 465 g/mol. The summed E-state index contributed by atoms with van der Waals surface area (Å²) in [7, 11) is 0. The SMILES string of the molecule is O=C1CN2CCN(C(=O)c3cncnc3)C[C@@H]2COc2ccc(-c3ccc(F)cc3F)cc2N1. The fraction of sp³-hybridized carbons (Fsp3) is 0.250. The largest absolute Gasteiger partial charge is 0.490 e. The first-order valence-electron chi connectivity index (χ1n) is 10.8. The van der Waals surface area contributed by atoms with Crippen molar-refractivity contribution in [2.45, 2.75) is 6.04 Å². The summed E-state index contributed by atoms with van der Waals surface area (Å²) in [5, 5.41) is 2.84. The van der Waals surface area contributed by atoms with E-state index in [0.717, 1.165) is 6.07 Å². The van der Waals surface area contributed by atoms with Crippen LogP contribution >= 0.6 is 0 Å². The number of carbonyl (C=O) groups excluding carboxylic acids is 2. The second-order valence-corrected chi connectivity index (χ2v) is 8.20. The van der Waals surface area contributed by atoms with Gasteiger partial charge in [-0.05, 0) is 29.8 Å². The molecule has 2 aliphatic rings. The number of ether oxygens (including phenoxy) is 1. The smallest absolute Gasteiger partial charge is 0.257 e. The van der Waals surface area contributed by atoms with Gasteiger partial charge in [-0.2, -0.15) is 0 Å². The van der Waals surface area contributed by atoms with Gasteiger partial charge in [0.05, 0.1) is 23.8 Å². The molecule has 0 aliphatic carbocycles. The number of halogens is 2. The molecule has 1 saturated heterocycles. The van der Waals surface area contributed by atoms with Crippen molar-refractivity contribution in [3.63, 3.8) is 0 Å². The quantitative estimate of drug-likeness (QED) is 0.626. The van der Waals surface area contributed by atoms with E-state index in [-0.39, 0.29) is 36.6 Å². The van der Waals surface area contributed by atoms with Crippen LogP contribution in [-0.4, -0.2) is 70.4 Å². The van der Waals surface area contributed by atoms with Gasteiger partial charge in [0.25, 0.3) is 5.91 Å². The van der Waals surface area contributed by atoms with Gasteiger partial charge < -0.3 is 15.0 Å². The molecule has 8 nitrogen and oxygen atoms in total. The molecule has 1 aromatic heterocycles. The molecule has 34 heavy (non-hydrogen) atoms. The Morgan fingerprint density at radius 2 is 1.91 bits per heavy atom. The zero-order chi connectivity index (χ0) is 23.7. The summed E-state index contributed by atoms with van der Waals surface area (Å²) >= 11 is 0. The van der Waals surface area contributed by atoms with E-state index in [0.29, 0.717) is 42.2 Å². The summed E-state index contributed by atoms with van der Waals surface area (Å²) < 4.78 is 33.6. The van der Waals surface area contributed by atoms with Crippen LogP contribution in [0.5, 0.6) is 5.75 Å². The summed E-state index contributed by atoms with van der Waals surface area (Å²) in [5.74, 6) is -1.34. The first-order valence-corrected chi connectivity index (χ1v) is 10.8. The van der Waals surface area contributed by atoms with Gasteiger partial charge in [0.1, 0.15) is 30.3 Å². The van der Waals surface area contributed by atoms with Crippen molar-refractivity contribution in [3.05, 3.63) is 72.3 Å². The number of fused-ring (bicyclic) bond motifs is 2. The number of hydrogen-bond donors (Lipinski definition) is 1. The summed E-state index contributed by atoms with van der Waals surface area (Å²) in [6.07, 6.45) is 4.33. The molecule has 0 radical (unpaired) electrons. The van der Waals surface area contributed by atoms with E-state index in [1.807, 2.05) is 4.90 Å². The van der Waals surface area contributed by atoms with Crippen LogP contribution < -0.4 is 10.1 Å². The first-order chi connectivity index (χ1) is 16.5. The minimum absolute atomic E-state index is 0.124. The van der Waals surface area contributed by atoms with Crippen LogP contribution in [0, 0.1) is 11.6 Å². The maximum atomic E-state index is 14.3. The van der Waals surface area contributed by atoms with Crippen LogP contribution in [0.15, 0.2) is 55.1 Å². The van der Waals surface area contributed by atoms with Crippen molar-refractivity contribution in [3.8, 4) is 16.9 Å². The van der Waals surface area contributed by atoms with Gasteiger partial charge in [0, 0.05) is 43.7 Å². The predicted octanol–water partition coefficient (Wildman–Crippen LogP) is 2.58. The molecule has 1 fully saturated rings. The molecular weight excluding hydrogens is 444 g/mol. The minimum Gasteiger partial charge on any atom is -0.490 e. The Morgan fingerprint density at radius 1 is 1.09 bits per heavy atom. The van der Waals surface area contributed by atoms with Crippen LogP contribution in [0.4, 0.5) is 14.5 Å². The number of aromatic nitrogens is 2. The number of carbonyl (C=O) groups is 2. The number of piperazine rings is 1. The Bertz CT molecular complexity index is 1240. The number of hydrogen-bond acceptors (Lipinski definition) is 6. The first kappa shape index (κ1) is 21.9.